The van der Waals surface area contributed by atoms with E-state index in [0.717, 1.165) is 148 Å². The third-order valence-electron chi connectivity index (χ3n) is 12.9. The van der Waals surface area contributed by atoms with Gasteiger partial charge in [-0.05, 0) is 141 Å². The average Bonchev–Trinajstić information content (AvgIpc) is 3.42. The van der Waals surface area contributed by atoms with Crippen LogP contribution >= 0.6 is 0 Å². The standard InChI is InChI=1S/C70H114O6/c1-4-7-10-13-16-19-22-25-28-30-32-33-34-35-36-37-39-40-42-45-48-51-54-57-60-63-69(72)75-66-67(65-74-68(71)62-59-56-53-50-47-44-27-24-21-18-15-12-9-6-3)76-70(73)64-61-58-55-52-49-46-43-41-38-31-29-26-23-20-17-14-11-8-5-2/h7,10,16-17,19-20,24-29,32-33,35-36,38-41,45,48,67H,4-6,8-9,11-15,18,21-23,30-31,34,37,42-44,46-47,49-66H2,1-3H3/b10-7-,19-16-,20-17-,27-24-,28-25-,29-26-,33-32-,36-35-,40-39-,41-38-,48-45-. The Kier molecular flexibility index (Phi) is 59.4. The first-order valence-electron chi connectivity index (χ1n) is 31.2. The van der Waals surface area contributed by atoms with Crippen LogP contribution in [0.1, 0.15) is 271 Å². The summed E-state index contributed by atoms with van der Waals surface area (Å²) >= 11 is 0. The second kappa shape index (κ2) is 63.1. The molecule has 0 radical (unpaired) electrons. The monoisotopic (exact) mass is 1050 g/mol. The van der Waals surface area contributed by atoms with Crippen molar-refractivity contribution in [2.45, 2.75) is 277 Å². The zero-order valence-corrected chi connectivity index (χ0v) is 49.2. The molecule has 0 aromatic heterocycles. The molecule has 1 atom stereocenters. The molecule has 430 valence electrons. The Morgan fingerprint density at radius 1 is 0.276 bits per heavy atom. The SMILES string of the molecule is CC/C=C\C/C=C\C/C=C\C/C=C\C/C=C\C/C=C\C/C=C\CCCCCC(=O)OCC(COC(=O)CCCCCCC/C=C\CCCCCCC)OC(=O)CCCCCCCC/C=C\C/C=C\C/C=C\CCCCC. The van der Waals surface area contributed by atoms with E-state index in [9.17, 15) is 14.4 Å². The van der Waals surface area contributed by atoms with E-state index in [-0.39, 0.29) is 31.1 Å². The molecule has 0 saturated carbocycles. The highest BCUT2D eigenvalue weighted by atomic mass is 16.6. The lowest BCUT2D eigenvalue weighted by Gasteiger charge is -2.18. The van der Waals surface area contributed by atoms with Crippen LogP contribution in [0.3, 0.4) is 0 Å². The van der Waals surface area contributed by atoms with Crippen molar-refractivity contribution < 1.29 is 28.6 Å². The minimum atomic E-state index is -0.809. The predicted octanol–water partition coefficient (Wildman–Crippen LogP) is 21.4. The predicted molar refractivity (Wildman–Crippen MR) is 329 cm³/mol. The van der Waals surface area contributed by atoms with Crippen molar-refractivity contribution in [3.8, 4) is 0 Å². The third kappa shape index (κ3) is 60.4. The Balaban J connectivity index is 4.48. The number of hydrogen-bond acceptors (Lipinski definition) is 6. The molecule has 0 N–H and O–H groups in total. The van der Waals surface area contributed by atoms with Gasteiger partial charge in [0.05, 0.1) is 0 Å². The van der Waals surface area contributed by atoms with Gasteiger partial charge in [-0.2, -0.15) is 0 Å². The Morgan fingerprint density at radius 2 is 0.513 bits per heavy atom. The topological polar surface area (TPSA) is 78.9 Å². The molecule has 6 heteroatoms. The number of ether oxygens (including phenoxy) is 3. The molecule has 0 aliphatic rings. The molecule has 0 aromatic carbocycles. The van der Waals surface area contributed by atoms with E-state index in [0.29, 0.717) is 19.3 Å². The number of carbonyl (C=O) groups is 3. The molecule has 0 bridgehead atoms. The van der Waals surface area contributed by atoms with Gasteiger partial charge in [0.1, 0.15) is 13.2 Å². The van der Waals surface area contributed by atoms with Gasteiger partial charge in [0.25, 0.3) is 0 Å². The first kappa shape index (κ1) is 71.5. The molecular formula is C70H114O6. The largest absolute Gasteiger partial charge is 0.462 e. The highest BCUT2D eigenvalue weighted by Gasteiger charge is 2.19. The molecule has 6 nitrogen and oxygen atoms in total. The molecular weight excluding hydrogens is 937 g/mol. The van der Waals surface area contributed by atoms with Crippen LogP contribution in [0.2, 0.25) is 0 Å². The van der Waals surface area contributed by atoms with Gasteiger partial charge in [-0.25, -0.2) is 0 Å². The molecule has 1 unspecified atom stereocenters. The average molecular weight is 1050 g/mol. The summed E-state index contributed by atoms with van der Waals surface area (Å²) in [4.78, 5) is 38.3. The molecule has 0 aromatic rings. The summed E-state index contributed by atoms with van der Waals surface area (Å²) in [5, 5.41) is 0. The van der Waals surface area contributed by atoms with E-state index >= 15 is 0 Å². The molecule has 0 amide bonds. The van der Waals surface area contributed by atoms with E-state index in [2.05, 4.69) is 154 Å². The van der Waals surface area contributed by atoms with Gasteiger partial charge in [-0.1, -0.05) is 244 Å². The Hall–Kier alpha value is -4.45. The Bertz CT molecular complexity index is 1630. The van der Waals surface area contributed by atoms with Gasteiger partial charge in [-0.3, -0.25) is 14.4 Å². The summed E-state index contributed by atoms with van der Waals surface area (Å²) in [6, 6.07) is 0. The fraction of sp³-hybridized carbons (Fsp3) is 0.643. The Labute approximate surface area is 468 Å². The van der Waals surface area contributed by atoms with Gasteiger partial charge in [0, 0.05) is 19.3 Å². The number of rotatable bonds is 55. The lowest BCUT2D eigenvalue weighted by molar-refractivity contribution is -0.167. The van der Waals surface area contributed by atoms with Crippen molar-refractivity contribution in [1.29, 1.82) is 0 Å². The highest BCUT2D eigenvalue weighted by molar-refractivity contribution is 5.71. The second-order valence-corrected chi connectivity index (χ2v) is 20.2. The maximum atomic E-state index is 12.9. The van der Waals surface area contributed by atoms with Gasteiger partial charge < -0.3 is 14.2 Å². The first-order valence-corrected chi connectivity index (χ1v) is 31.2. The van der Waals surface area contributed by atoms with Crippen molar-refractivity contribution in [3.63, 3.8) is 0 Å². The van der Waals surface area contributed by atoms with Gasteiger partial charge in [-0.15, -0.1) is 0 Å². The molecule has 0 aliphatic carbocycles. The normalized spacial score (nSPS) is 13.0. The highest BCUT2D eigenvalue weighted by Crippen LogP contribution is 2.14. The summed E-state index contributed by atoms with van der Waals surface area (Å²) in [7, 11) is 0. The van der Waals surface area contributed by atoms with Crippen molar-refractivity contribution in [3.05, 3.63) is 134 Å². The lowest BCUT2D eigenvalue weighted by Crippen LogP contribution is -2.30. The fourth-order valence-corrected chi connectivity index (χ4v) is 8.19. The summed E-state index contributed by atoms with van der Waals surface area (Å²) in [5.41, 5.74) is 0. The van der Waals surface area contributed by atoms with E-state index in [1.54, 1.807) is 0 Å². The summed E-state index contributed by atoms with van der Waals surface area (Å²) in [6.45, 7) is 6.45. The van der Waals surface area contributed by atoms with Crippen molar-refractivity contribution in [2.75, 3.05) is 13.2 Å². The zero-order valence-electron chi connectivity index (χ0n) is 49.2. The molecule has 0 aliphatic heterocycles. The number of esters is 3. The van der Waals surface area contributed by atoms with E-state index in [1.165, 1.54) is 83.5 Å². The molecule has 0 fully saturated rings. The maximum Gasteiger partial charge on any atom is 0.306 e. The smallest absolute Gasteiger partial charge is 0.306 e. The molecule has 0 saturated heterocycles. The number of allylic oxidation sites excluding steroid dienone is 22. The molecule has 76 heavy (non-hydrogen) atoms. The lowest BCUT2D eigenvalue weighted by atomic mass is 10.1. The van der Waals surface area contributed by atoms with Gasteiger partial charge in [0.15, 0.2) is 6.10 Å². The second-order valence-electron chi connectivity index (χ2n) is 20.2. The Morgan fingerprint density at radius 3 is 0.855 bits per heavy atom. The zero-order chi connectivity index (χ0) is 55.0. The van der Waals surface area contributed by atoms with Crippen molar-refractivity contribution in [2.24, 2.45) is 0 Å². The number of unbranched alkanes of at least 4 members (excludes halogenated alkanes) is 22. The minimum absolute atomic E-state index is 0.102. The quantitative estimate of drug-likeness (QED) is 0.0261. The number of hydrogen-bond donors (Lipinski definition) is 0. The number of carbonyl (C=O) groups excluding carboxylic acids is 3. The van der Waals surface area contributed by atoms with Crippen LogP contribution in [0.25, 0.3) is 0 Å². The van der Waals surface area contributed by atoms with E-state index in [1.807, 2.05) is 0 Å². The molecule has 0 spiro atoms. The summed E-state index contributed by atoms with van der Waals surface area (Å²) in [5.74, 6) is -0.957. The van der Waals surface area contributed by atoms with Gasteiger partial charge >= 0.3 is 17.9 Å². The van der Waals surface area contributed by atoms with Crippen LogP contribution in [-0.4, -0.2) is 37.2 Å². The molecule has 0 heterocycles. The minimum Gasteiger partial charge on any atom is -0.462 e. The summed E-state index contributed by atoms with van der Waals surface area (Å²) in [6.07, 6.45) is 88.7. The first-order chi connectivity index (χ1) is 37.5. The van der Waals surface area contributed by atoms with Crippen molar-refractivity contribution in [1.82, 2.24) is 0 Å². The maximum absolute atomic E-state index is 12.9. The van der Waals surface area contributed by atoms with Gasteiger partial charge in [0.2, 0.25) is 0 Å². The third-order valence-corrected chi connectivity index (χ3v) is 12.9. The van der Waals surface area contributed by atoms with Crippen LogP contribution in [0.5, 0.6) is 0 Å². The van der Waals surface area contributed by atoms with Crippen LogP contribution in [0.15, 0.2) is 134 Å². The van der Waals surface area contributed by atoms with Crippen LogP contribution < -0.4 is 0 Å². The van der Waals surface area contributed by atoms with E-state index < -0.39 is 6.10 Å². The van der Waals surface area contributed by atoms with Crippen LogP contribution in [0, 0.1) is 0 Å². The summed E-state index contributed by atoms with van der Waals surface area (Å²) < 4.78 is 16.9. The van der Waals surface area contributed by atoms with Crippen LogP contribution in [0.4, 0.5) is 0 Å². The molecule has 0 rings (SSSR count). The van der Waals surface area contributed by atoms with Crippen molar-refractivity contribution >= 4 is 17.9 Å². The fourth-order valence-electron chi connectivity index (χ4n) is 8.19. The van der Waals surface area contributed by atoms with E-state index in [4.69, 9.17) is 14.2 Å². The van der Waals surface area contributed by atoms with Crippen LogP contribution in [-0.2, 0) is 28.6 Å².